The van der Waals surface area contributed by atoms with Crippen molar-refractivity contribution >= 4 is 50.2 Å². The number of nitrogens with zero attached hydrogens (tertiary/aromatic N) is 6. The number of rotatable bonds is 5. The molecule has 0 saturated carbocycles. The normalized spacial score (nSPS) is 15.0. The molecule has 4 heterocycles. The number of hydrogen-bond donors (Lipinski definition) is 1. The fourth-order valence-electron chi connectivity index (χ4n) is 3.95. The van der Waals surface area contributed by atoms with E-state index in [-0.39, 0.29) is 18.2 Å². The van der Waals surface area contributed by atoms with Gasteiger partial charge in [0.2, 0.25) is 15.2 Å². The predicted molar refractivity (Wildman–Crippen MR) is 134 cm³/mol. The Bertz CT molecular complexity index is 1380. The van der Waals surface area contributed by atoms with Crippen LogP contribution in [-0.4, -0.2) is 64.2 Å². The summed E-state index contributed by atoms with van der Waals surface area (Å²) in [5.74, 6) is 0.142. The highest BCUT2D eigenvalue weighted by atomic mass is 35.5. The molecule has 1 aliphatic rings. The van der Waals surface area contributed by atoms with Crippen molar-refractivity contribution < 1.29 is 8.42 Å². The third-order valence-electron chi connectivity index (χ3n) is 5.70. The van der Waals surface area contributed by atoms with Crippen molar-refractivity contribution in [2.75, 3.05) is 42.6 Å². The Labute approximate surface area is 202 Å². The molecule has 9 nitrogen and oxygen atoms in total. The zero-order valence-corrected chi connectivity index (χ0v) is 20.4. The number of halogens is 1. The first-order valence-corrected chi connectivity index (χ1v) is 12.8. The molecular weight excluding hydrogens is 482 g/mol. The number of fused-ring (bicyclic) bond motifs is 1. The monoisotopic (exact) mass is 505 g/mol. The number of anilines is 2. The third kappa shape index (κ3) is 4.54. The molecule has 0 amide bonds. The van der Waals surface area contributed by atoms with Gasteiger partial charge in [-0.25, -0.2) is 13.4 Å². The molecule has 1 aliphatic heterocycles. The first-order chi connectivity index (χ1) is 15.4. The molecule has 0 bridgehead atoms. The van der Waals surface area contributed by atoms with E-state index < -0.39 is 10.0 Å². The lowest BCUT2D eigenvalue weighted by atomic mass is 10.1. The molecule has 0 radical (unpaired) electrons. The third-order valence-corrected chi connectivity index (χ3v) is 8.39. The van der Waals surface area contributed by atoms with Gasteiger partial charge in [-0.1, -0.05) is 29.5 Å². The van der Waals surface area contributed by atoms with E-state index in [2.05, 4.69) is 36.6 Å². The van der Waals surface area contributed by atoms with Gasteiger partial charge < -0.3 is 10.6 Å². The molecule has 12 heteroatoms. The minimum absolute atomic E-state index is 0. The second-order valence-corrected chi connectivity index (χ2v) is 10.8. The van der Waals surface area contributed by atoms with Crippen LogP contribution in [0.25, 0.3) is 27.5 Å². The summed E-state index contributed by atoms with van der Waals surface area (Å²) in [5, 5.41) is 9.26. The Morgan fingerprint density at radius 3 is 2.52 bits per heavy atom. The Kier molecular flexibility index (Phi) is 6.57. The van der Waals surface area contributed by atoms with E-state index in [1.165, 1.54) is 11.3 Å². The standard InChI is InChI=1S/C21H23N7O2S2.ClH/c1-2-32(29,30)27-10-8-26(9-11-27)17-6-7-28-18(14-23-19(28)13-17)15-4-3-5-16(12-15)20-24-25-21(22)31-20;/h3-7,12-14H,2,8-11H2,1H3,(H2,22,25);1H. The highest BCUT2D eigenvalue weighted by Gasteiger charge is 2.25. The summed E-state index contributed by atoms with van der Waals surface area (Å²) < 4.78 is 27.8. The molecule has 33 heavy (non-hydrogen) atoms. The summed E-state index contributed by atoms with van der Waals surface area (Å²) in [5.41, 5.74) is 10.6. The SMILES string of the molecule is CCS(=O)(=O)N1CCN(c2ccn3c(-c4cccc(-c5nnc(N)s5)c4)cnc3c2)CC1.Cl. The maximum atomic E-state index is 12.1. The minimum Gasteiger partial charge on any atom is -0.374 e. The number of hydrogen-bond acceptors (Lipinski definition) is 8. The predicted octanol–water partition coefficient (Wildman–Crippen LogP) is 3.00. The molecule has 0 spiro atoms. The number of benzene rings is 1. The largest absolute Gasteiger partial charge is 0.374 e. The van der Waals surface area contributed by atoms with Crippen molar-refractivity contribution in [3.05, 3.63) is 48.8 Å². The van der Waals surface area contributed by atoms with Crippen LogP contribution in [0.1, 0.15) is 6.92 Å². The Balaban J connectivity index is 0.00000259. The Morgan fingerprint density at radius 2 is 1.82 bits per heavy atom. The minimum atomic E-state index is -3.14. The molecule has 3 aromatic heterocycles. The molecule has 1 aromatic carbocycles. The maximum absolute atomic E-state index is 12.1. The zero-order valence-electron chi connectivity index (χ0n) is 18.0. The van der Waals surface area contributed by atoms with Crippen molar-refractivity contribution in [1.29, 1.82) is 0 Å². The van der Waals surface area contributed by atoms with Gasteiger partial charge in [-0.3, -0.25) is 4.40 Å². The first kappa shape index (κ1) is 23.4. The Hall–Kier alpha value is -2.73. The molecule has 0 unspecified atom stereocenters. The van der Waals surface area contributed by atoms with Gasteiger partial charge in [-0.05, 0) is 19.1 Å². The number of imidazole rings is 1. The summed E-state index contributed by atoms with van der Waals surface area (Å²) in [6.07, 6.45) is 3.87. The number of piperazine rings is 1. The number of aromatic nitrogens is 4. The number of nitrogens with two attached hydrogens (primary N) is 1. The van der Waals surface area contributed by atoms with Crippen molar-refractivity contribution in [3.8, 4) is 21.8 Å². The van der Waals surface area contributed by atoms with E-state index in [9.17, 15) is 8.42 Å². The van der Waals surface area contributed by atoms with Crippen LogP contribution in [0.2, 0.25) is 0 Å². The van der Waals surface area contributed by atoms with Crippen LogP contribution < -0.4 is 10.6 Å². The highest BCUT2D eigenvalue weighted by molar-refractivity contribution is 7.89. The van der Waals surface area contributed by atoms with E-state index >= 15 is 0 Å². The van der Waals surface area contributed by atoms with E-state index in [1.807, 2.05) is 36.7 Å². The van der Waals surface area contributed by atoms with Crippen LogP contribution in [-0.2, 0) is 10.0 Å². The topological polar surface area (TPSA) is 110 Å². The maximum Gasteiger partial charge on any atom is 0.213 e. The van der Waals surface area contributed by atoms with Gasteiger partial charge in [0, 0.05) is 55.3 Å². The van der Waals surface area contributed by atoms with Crippen molar-refractivity contribution in [1.82, 2.24) is 23.9 Å². The van der Waals surface area contributed by atoms with Crippen molar-refractivity contribution in [3.63, 3.8) is 0 Å². The number of pyridine rings is 1. The zero-order chi connectivity index (χ0) is 22.3. The highest BCUT2D eigenvalue weighted by Crippen LogP contribution is 2.30. The molecule has 2 N–H and O–H groups in total. The molecule has 4 aromatic rings. The van der Waals surface area contributed by atoms with Crippen molar-refractivity contribution in [2.24, 2.45) is 0 Å². The summed E-state index contributed by atoms with van der Waals surface area (Å²) in [6.45, 7) is 4.02. The fourth-order valence-corrected chi connectivity index (χ4v) is 5.64. The summed E-state index contributed by atoms with van der Waals surface area (Å²) in [6, 6.07) is 12.2. The summed E-state index contributed by atoms with van der Waals surface area (Å²) >= 11 is 1.36. The molecule has 174 valence electrons. The fraction of sp³-hybridized carbons (Fsp3) is 0.286. The molecule has 1 fully saturated rings. The van der Waals surface area contributed by atoms with Gasteiger partial charge in [-0.2, -0.15) is 4.31 Å². The lowest BCUT2D eigenvalue weighted by Crippen LogP contribution is -2.49. The lowest BCUT2D eigenvalue weighted by Gasteiger charge is -2.35. The molecule has 0 atom stereocenters. The molecule has 1 saturated heterocycles. The average Bonchev–Trinajstić information content (AvgIpc) is 3.45. The number of nitrogen functional groups attached to an aromatic ring is 1. The van der Waals surface area contributed by atoms with Gasteiger partial charge in [0.05, 0.1) is 17.6 Å². The lowest BCUT2D eigenvalue weighted by molar-refractivity contribution is 0.385. The molecule has 5 rings (SSSR count). The second kappa shape index (κ2) is 9.26. The van der Waals surface area contributed by atoms with E-state index in [1.54, 1.807) is 11.2 Å². The molecular formula is C21H24ClN7O2S2. The van der Waals surface area contributed by atoms with Gasteiger partial charge in [0.15, 0.2) is 0 Å². The summed E-state index contributed by atoms with van der Waals surface area (Å²) in [7, 11) is -3.14. The first-order valence-electron chi connectivity index (χ1n) is 10.3. The van der Waals surface area contributed by atoms with Crippen LogP contribution in [0.4, 0.5) is 10.8 Å². The van der Waals surface area contributed by atoms with E-state index in [0.29, 0.717) is 31.3 Å². The van der Waals surface area contributed by atoms with E-state index in [4.69, 9.17) is 5.73 Å². The van der Waals surface area contributed by atoms with Crippen LogP contribution in [0.15, 0.2) is 48.8 Å². The number of sulfonamides is 1. The van der Waals surface area contributed by atoms with Gasteiger partial charge >= 0.3 is 0 Å². The van der Waals surface area contributed by atoms with Crippen LogP contribution in [0, 0.1) is 0 Å². The summed E-state index contributed by atoms with van der Waals surface area (Å²) in [4.78, 5) is 6.81. The van der Waals surface area contributed by atoms with Gasteiger partial charge in [-0.15, -0.1) is 22.6 Å². The van der Waals surface area contributed by atoms with Crippen LogP contribution in [0.5, 0.6) is 0 Å². The van der Waals surface area contributed by atoms with E-state index in [0.717, 1.165) is 33.2 Å². The average molecular weight is 506 g/mol. The van der Waals surface area contributed by atoms with Gasteiger partial charge in [0.1, 0.15) is 10.7 Å². The quantitative estimate of drug-likeness (QED) is 0.444. The molecule has 0 aliphatic carbocycles. The van der Waals surface area contributed by atoms with Gasteiger partial charge in [0.25, 0.3) is 0 Å². The smallest absolute Gasteiger partial charge is 0.213 e. The van der Waals surface area contributed by atoms with Crippen LogP contribution in [0.3, 0.4) is 0 Å². The van der Waals surface area contributed by atoms with Crippen LogP contribution >= 0.6 is 23.7 Å². The second-order valence-electron chi connectivity index (χ2n) is 7.57. The van der Waals surface area contributed by atoms with Crippen molar-refractivity contribution in [2.45, 2.75) is 6.92 Å². The Morgan fingerprint density at radius 1 is 1.06 bits per heavy atom.